The first-order chi connectivity index (χ1) is 19.3. The van der Waals surface area contributed by atoms with E-state index >= 15 is 0 Å². The van der Waals surface area contributed by atoms with Crippen molar-refractivity contribution >= 4 is 60.4 Å². The zero-order chi connectivity index (χ0) is 28.7. The fourth-order valence-electron chi connectivity index (χ4n) is 4.08. The van der Waals surface area contributed by atoms with Crippen molar-refractivity contribution in [3.63, 3.8) is 0 Å². The summed E-state index contributed by atoms with van der Waals surface area (Å²) in [7, 11) is 13.5. The van der Waals surface area contributed by atoms with Crippen molar-refractivity contribution in [3.8, 4) is 0 Å². The number of ether oxygens (including phenoxy) is 1. The first-order valence-corrected chi connectivity index (χ1v) is 19.7. The van der Waals surface area contributed by atoms with Crippen LogP contribution in [0.2, 0.25) is 0 Å². The third-order valence-electron chi connectivity index (χ3n) is 5.84. The molecule has 0 amide bonds. The molecule has 40 heavy (non-hydrogen) atoms. The molecule has 5 rings (SSSR count). The first kappa shape index (κ1) is 32.7. The van der Waals surface area contributed by atoms with Crippen LogP contribution < -0.4 is 15.7 Å². The summed E-state index contributed by atoms with van der Waals surface area (Å²) in [4.78, 5) is 5.10. The molecule has 210 valence electrons. The van der Waals surface area contributed by atoms with Gasteiger partial charge in [0.2, 0.25) is 0 Å². The molecule has 0 unspecified atom stereocenters. The molecule has 1 fully saturated rings. The fraction of sp³-hybridized carbons (Fsp3) is 0.188. The number of amidine groups is 1. The topological polar surface area (TPSA) is 33.6 Å². The molecule has 3 nitrogen and oxygen atoms in total. The van der Waals surface area contributed by atoms with Gasteiger partial charge in [0.25, 0.3) is 0 Å². The molecule has 0 spiro atoms. The summed E-state index contributed by atoms with van der Waals surface area (Å²) >= 11 is -1.62. The van der Waals surface area contributed by atoms with E-state index in [9.17, 15) is 0 Å². The second-order valence-corrected chi connectivity index (χ2v) is 17.7. The Morgan fingerprint density at radius 3 is 1.73 bits per heavy atom. The first-order valence-electron chi connectivity index (χ1n) is 13.0. The number of nitrogens with zero attached hydrogens (tertiary/aromatic N) is 1. The van der Waals surface area contributed by atoms with Crippen LogP contribution in [0.1, 0.15) is 35.1 Å². The number of hydrogen-bond donors (Lipinski definition) is 1. The number of benzene rings is 4. The number of rotatable bonds is 5. The molecule has 0 saturated carbocycles. The van der Waals surface area contributed by atoms with Gasteiger partial charge >= 0.3 is 41.5 Å². The van der Waals surface area contributed by atoms with Gasteiger partial charge in [0.15, 0.2) is 13.9 Å². The Kier molecular flexibility index (Phi) is 14.6. The summed E-state index contributed by atoms with van der Waals surface area (Å²) in [6.45, 7) is 9.16. The Morgan fingerprint density at radius 1 is 0.775 bits per heavy atom. The van der Waals surface area contributed by atoms with Crippen LogP contribution >= 0.6 is 38.2 Å². The van der Waals surface area contributed by atoms with Crippen LogP contribution in [-0.2, 0) is 16.1 Å². The summed E-state index contributed by atoms with van der Waals surface area (Å²) in [6, 6.07) is 36.4. The van der Waals surface area contributed by atoms with Crippen molar-refractivity contribution in [1.29, 1.82) is 0 Å². The van der Waals surface area contributed by atoms with Crippen LogP contribution in [0.15, 0.2) is 108 Å². The van der Waals surface area contributed by atoms with E-state index in [1.807, 2.05) is 6.61 Å². The van der Waals surface area contributed by atoms with Crippen LogP contribution in [0.3, 0.4) is 0 Å². The minimum absolute atomic E-state index is 0.909. The second kappa shape index (κ2) is 17.8. The van der Waals surface area contributed by atoms with E-state index < -0.39 is 19.5 Å². The average molecular weight is 653 g/mol. The number of hydrogen-bond acceptors (Lipinski definition) is 2. The van der Waals surface area contributed by atoms with Gasteiger partial charge in [-0.1, -0.05) is 78.7 Å². The Hall–Kier alpha value is -1.86. The Morgan fingerprint density at radius 2 is 1.30 bits per heavy atom. The molecular formula is C32H35Cl3CrN2OP+. The molecule has 0 aliphatic carbocycles. The summed E-state index contributed by atoms with van der Waals surface area (Å²) in [5.41, 5.74) is 5.76. The molecule has 4 aromatic carbocycles. The summed E-state index contributed by atoms with van der Waals surface area (Å²) in [6.07, 6.45) is 2.38. The molecule has 1 heterocycles. The summed E-state index contributed by atoms with van der Waals surface area (Å²) in [5.74, 6) is 0.909. The number of halogens is 3. The Bertz CT molecular complexity index is 1250. The van der Waals surface area contributed by atoms with Crippen molar-refractivity contribution < 1.29 is 16.1 Å². The Labute approximate surface area is 257 Å². The minimum atomic E-state index is -1.62. The van der Waals surface area contributed by atoms with E-state index in [2.05, 4.69) is 129 Å². The van der Waals surface area contributed by atoms with Gasteiger partial charge < -0.3 is 4.74 Å². The number of nitrogens with one attached hydrogen (secondary N) is 1. The van der Waals surface area contributed by atoms with Gasteiger partial charge in [0.1, 0.15) is 10.6 Å². The predicted octanol–water partition coefficient (Wildman–Crippen LogP) is 9.08. The number of aryl methyl sites for hydroxylation is 3. The molecule has 0 radical (unpaired) electrons. The van der Waals surface area contributed by atoms with Gasteiger partial charge in [-0.3, -0.25) is 0 Å². The van der Waals surface area contributed by atoms with Crippen LogP contribution in [0.5, 0.6) is 0 Å². The normalized spacial score (nSPS) is 12.8. The van der Waals surface area contributed by atoms with Gasteiger partial charge in [-0.15, -0.1) is 0 Å². The third kappa shape index (κ3) is 11.9. The third-order valence-corrected chi connectivity index (χ3v) is 8.15. The molecule has 4 aromatic rings. The molecular weight excluding hydrogens is 618 g/mol. The molecule has 1 aliphatic rings. The summed E-state index contributed by atoms with van der Waals surface area (Å²) in [5, 5.41) is 6.47. The van der Waals surface area contributed by atoms with Crippen LogP contribution in [-0.4, -0.2) is 12.4 Å². The molecule has 1 aliphatic heterocycles. The van der Waals surface area contributed by atoms with E-state index in [0.29, 0.717) is 0 Å². The van der Waals surface area contributed by atoms with E-state index in [4.69, 9.17) is 39.9 Å². The van der Waals surface area contributed by atoms with Crippen molar-refractivity contribution in [2.75, 3.05) is 6.61 Å². The SMILES string of the molecule is Cc1ccc(C(=Nc2cc(C)cc(C)c2)N[PH+](c2ccccc2)c2ccccc2)cc1.[CH-]1CCCO1.[Cl][Cr+]([Cl])[Cl]. The number of aliphatic imine (C=N–C) groups is 1. The predicted molar refractivity (Wildman–Crippen MR) is 174 cm³/mol. The van der Waals surface area contributed by atoms with Crippen molar-refractivity contribution in [3.05, 3.63) is 132 Å². The fourth-order valence-corrected chi connectivity index (χ4v) is 6.19. The van der Waals surface area contributed by atoms with Gasteiger partial charge in [-0.2, -0.15) is 6.42 Å². The molecule has 0 aromatic heterocycles. The van der Waals surface area contributed by atoms with Crippen molar-refractivity contribution in [2.45, 2.75) is 33.6 Å². The summed E-state index contributed by atoms with van der Waals surface area (Å²) < 4.78 is 4.82. The molecule has 0 atom stereocenters. The van der Waals surface area contributed by atoms with E-state index in [0.717, 1.165) is 30.1 Å². The van der Waals surface area contributed by atoms with Crippen molar-refractivity contribution in [1.82, 2.24) is 5.09 Å². The zero-order valence-corrected chi connectivity index (χ0v) is 27.5. The van der Waals surface area contributed by atoms with Gasteiger partial charge in [0.05, 0.1) is 5.69 Å². The quantitative estimate of drug-likeness (QED) is 0.101. The molecule has 8 heteroatoms. The molecule has 1 N–H and O–H groups in total. The molecule has 1 saturated heterocycles. The van der Waals surface area contributed by atoms with E-state index in [1.54, 1.807) is 0 Å². The molecule has 0 bridgehead atoms. The van der Waals surface area contributed by atoms with Gasteiger partial charge in [-0.05, 0) is 68.3 Å². The van der Waals surface area contributed by atoms with Gasteiger partial charge in [-0.25, -0.2) is 16.7 Å². The monoisotopic (exact) mass is 651 g/mol. The Balaban J connectivity index is 0.000000420. The maximum atomic E-state index is 5.10. The average Bonchev–Trinajstić information content (AvgIpc) is 3.52. The second-order valence-electron chi connectivity index (χ2n) is 9.26. The maximum absolute atomic E-state index is 5.10. The van der Waals surface area contributed by atoms with Crippen LogP contribution in [0, 0.1) is 27.4 Å². The van der Waals surface area contributed by atoms with Crippen LogP contribution in [0.4, 0.5) is 5.69 Å². The zero-order valence-electron chi connectivity index (χ0n) is 22.9. The standard InChI is InChI=1S/C28H27N2P.C4H7O.3ClH.Cr/c1-21-14-16-24(17-15-21)28(29-25-19-22(2)18-23(3)20-25)30-31(26-10-6-4-7-11-26)27-12-8-5-9-13-27;1-2-4-5-3-1;;;;/h4-20H,1-3H3,(H,29,30);3H,1-2,4H2;3*1H;/q;-1;;;;+4/p-2. The van der Waals surface area contributed by atoms with Gasteiger partial charge in [0, 0.05) is 12.2 Å². The van der Waals surface area contributed by atoms with E-state index in [-0.39, 0.29) is 0 Å². The van der Waals surface area contributed by atoms with E-state index in [1.165, 1.54) is 33.7 Å². The van der Waals surface area contributed by atoms with Crippen LogP contribution in [0.25, 0.3) is 0 Å². The van der Waals surface area contributed by atoms with Crippen molar-refractivity contribution in [2.24, 2.45) is 4.99 Å².